The Morgan fingerprint density at radius 2 is 2.00 bits per heavy atom. The number of pyridine rings is 1. The van der Waals surface area contributed by atoms with Crippen molar-refractivity contribution in [2.24, 2.45) is 5.92 Å². The van der Waals surface area contributed by atoms with Crippen LogP contribution < -0.4 is 10.9 Å². The maximum atomic E-state index is 6.13. The minimum absolute atomic E-state index is 0.535. The van der Waals surface area contributed by atoms with E-state index in [0.29, 0.717) is 18.0 Å². The molecule has 0 aliphatic carbocycles. The molecular formula is C14H23ClN4. The minimum atomic E-state index is 0.535. The van der Waals surface area contributed by atoms with Gasteiger partial charge in [-0.05, 0) is 51.4 Å². The molecule has 19 heavy (non-hydrogen) atoms. The Bertz CT molecular complexity index is 402. The second-order valence-electron chi connectivity index (χ2n) is 5.52. The van der Waals surface area contributed by atoms with Crippen LogP contribution in [0.4, 0.5) is 0 Å². The Morgan fingerprint density at radius 3 is 2.63 bits per heavy atom. The molecule has 1 aromatic rings. The Morgan fingerprint density at radius 1 is 1.32 bits per heavy atom. The molecule has 0 spiro atoms. The van der Waals surface area contributed by atoms with E-state index in [4.69, 9.17) is 11.6 Å². The van der Waals surface area contributed by atoms with Crippen LogP contribution in [0.5, 0.6) is 0 Å². The lowest BCUT2D eigenvalue weighted by atomic mass is 9.93. The molecule has 2 heterocycles. The van der Waals surface area contributed by atoms with Gasteiger partial charge in [0.15, 0.2) is 0 Å². The number of aromatic nitrogens is 1. The van der Waals surface area contributed by atoms with Gasteiger partial charge in [-0.15, -0.1) is 0 Å². The molecule has 5 heteroatoms. The summed E-state index contributed by atoms with van der Waals surface area (Å²) in [6.07, 6.45) is 4.69. The van der Waals surface area contributed by atoms with Gasteiger partial charge in [-0.25, -0.2) is 0 Å². The summed E-state index contributed by atoms with van der Waals surface area (Å²) in [7, 11) is 2.14. The van der Waals surface area contributed by atoms with Crippen molar-refractivity contribution < 1.29 is 0 Å². The van der Waals surface area contributed by atoms with Crippen LogP contribution in [0.1, 0.15) is 25.8 Å². The van der Waals surface area contributed by atoms with Crippen LogP contribution in [-0.4, -0.2) is 35.6 Å². The molecule has 0 aromatic carbocycles. The summed E-state index contributed by atoms with van der Waals surface area (Å²) in [5.41, 5.74) is 7.75. The molecule has 2 rings (SSSR count). The molecule has 4 nitrogen and oxygen atoms in total. The predicted molar refractivity (Wildman–Crippen MR) is 78.9 cm³/mol. The summed E-state index contributed by atoms with van der Waals surface area (Å²) in [6, 6.07) is 3.06. The molecule has 0 bridgehead atoms. The highest BCUT2D eigenvalue weighted by Crippen LogP contribution is 2.20. The number of nitrogens with zero attached hydrogens (tertiary/aromatic N) is 2. The van der Waals surface area contributed by atoms with Gasteiger partial charge in [0.1, 0.15) is 0 Å². The fourth-order valence-electron chi connectivity index (χ4n) is 2.68. The number of rotatable bonds is 5. The van der Waals surface area contributed by atoms with Crippen LogP contribution in [0.2, 0.25) is 5.02 Å². The third-order valence-electron chi connectivity index (χ3n) is 3.96. The van der Waals surface area contributed by atoms with Gasteiger partial charge in [0.05, 0.1) is 5.02 Å². The quantitative estimate of drug-likeness (QED) is 0.867. The molecule has 1 aliphatic rings. The van der Waals surface area contributed by atoms with Gasteiger partial charge < -0.3 is 4.90 Å². The van der Waals surface area contributed by atoms with Gasteiger partial charge in [0.2, 0.25) is 0 Å². The SMILES string of the molecule is CC1NNC(C)C1CCN(C)Cc1ccncc1Cl. The van der Waals surface area contributed by atoms with E-state index in [1.807, 2.05) is 6.07 Å². The number of hydrogen-bond donors (Lipinski definition) is 2. The highest BCUT2D eigenvalue weighted by molar-refractivity contribution is 6.31. The first-order valence-electron chi connectivity index (χ1n) is 6.86. The van der Waals surface area contributed by atoms with E-state index in [9.17, 15) is 0 Å². The van der Waals surface area contributed by atoms with Crippen LogP contribution >= 0.6 is 11.6 Å². The summed E-state index contributed by atoms with van der Waals surface area (Å²) in [5, 5.41) is 0.750. The van der Waals surface area contributed by atoms with Gasteiger partial charge in [-0.3, -0.25) is 15.8 Å². The monoisotopic (exact) mass is 282 g/mol. The molecule has 1 aliphatic heterocycles. The fourth-order valence-corrected chi connectivity index (χ4v) is 2.86. The Balaban J connectivity index is 1.82. The van der Waals surface area contributed by atoms with Crippen molar-refractivity contribution in [1.82, 2.24) is 20.7 Å². The van der Waals surface area contributed by atoms with E-state index in [1.54, 1.807) is 12.4 Å². The lowest BCUT2D eigenvalue weighted by molar-refractivity contribution is 0.279. The normalized spacial score (nSPS) is 27.1. The third kappa shape index (κ3) is 3.89. The van der Waals surface area contributed by atoms with Crippen LogP contribution in [-0.2, 0) is 6.54 Å². The fraction of sp³-hybridized carbons (Fsp3) is 0.643. The lowest BCUT2D eigenvalue weighted by Gasteiger charge is -2.22. The zero-order valence-electron chi connectivity index (χ0n) is 11.9. The van der Waals surface area contributed by atoms with E-state index in [1.165, 1.54) is 6.42 Å². The predicted octanol–water partition coefficient (Wildman–Crippen LogP) is 2.06. The minimum Gasteiger partial charge on any atom is -0.302 e. The van der Waals surface area contributed by atoms with E-state index in [-0.39, 0.29) is 0 Å². The first-order chi connectivity index (χ1) is 9.08. The van der Waals surface area contributed by atoms with Gasteiger partial charge in [-0.2, -0.15) is 0 Å². The van der Waals surface area contributed by atoms with Gasteiger partial charge >= 0.3 is 0 Å². The molecular weight excluding hydrogens is 260 g/mol. The smallest absolute Gasteiger partial charge is 0.0634 e. The van der Waals surface area contributed by atoms with Crippen molar-refractivity contribution in [2.75, 3.05) is 13.6 Å². The largest absolute Gasteiger partial charge is 0.302 e. The van der Waals surface area contributed by atoms with Crippen molar-refractivity contribution in [3.63, 3.8) is 0 Å². The van der Waals surface area contributed by atoms with Crippen LogP contribution in [0.25, 0.3) is 0 Å². The number of halogens is 1. The van der Waals surface area contributed by atoms with Gasteiger partial charge in [-0.1, -0.05) is 11.6 Å². The molecule has 2 N–H and O–H groups in total. The summed E-state index contributed by atoms with van der Waals surface area (Å²) >= 11 is 6.13. The van der Waals surface area contributed by atoms with Crippen LogP contribution in [0.15, 0.2) is 18.5 Å². The topological polar surface area (TPSA) is 40.2 Å². The standard InChI is InChI=1S/C14H23ClN4/c1-10-13(11(2)18-17-10)5-7-19(3)9-12-4-6-16-8-14(12)15/h4,6,8,10-11,13,17-18H,5,7,9H2,1-3H3. The van der Waals surface area contributed by atoms with E-state index in [0.717, 1.165) is 23.7 Å². The first-order valence-corrected chi connectivity index (χ1v) is 7.23. The molecule has 0 amide bonds. The van der Waals surface area contributed by atoms with Crippen molar-refractivity contribution in [2.45, 2.75) is 38.9 Å². The van der Waals surface area contributed by atoms with Crippen molar-refractivity contribution in [1.29, 1.82) is 0 Å². The zero-order valence-corrected chi connectivity index (χ0v) is 12.6. The van der Waals surface area contributed by atoms with Gasteiger partial charge in [0, 0.05) is 31.0 Å². The number of hydrazine groups is 1. The van der Waals surface area contributed by atoms with Crippen LogP contribution in [0, 0.1) is 5.92 Å². The third-order valence-corrected chi connectivity index (χ3v) is 4.30. The highest BCUT2D eigenvalue weighted by atomic mass is 35.5. The Kier molecular flexibility index (Phi) is 5.16. The van der Waals surface area contributed by atoms with Crippen molar-refractivity contribution >= 4 is 11.6 Å². The van der Waals surface area contributed by atoms with Crippen LogP contribution in [0.3, 0.4) is 0 Å². The van der Waals surface area contributed by atoms with Gasteiger partial charge in [0.25, 0.3) is 0 Å². The summed E-state index contributed by atoms with van der Waals surface area (Å²) in [4.78, 5) is 6.33. The van der Waals surface area contributed by atoms with Crippen molar-refractivity contribution in [3.8, 4) is 0 Å². The van der Waals surface area contributed by atoms with E-state index >= 15 is 0 Å². The summed E-state index contributed by atoms with van der Waals surface area (Å²) < 4.78 is 0. The molecule has 2 unspecified atom stereocenters. The maximum Gasteiger partial charge on any atom is 0.0634 e. The molecule has 1 aromatic heterocycles. The average Bonchev–Trinajstić information content (AvgIpc) is 2.70. The molecule has 1 fully saturated rings. The van der Waals surface area contributed by atoms with Crippen molar-refractivity contribution in [3.05, 3.63) is 29.0 Å². The maximum absolute atomic E-state index is 6.13. The zero-order chi connectivity index (χ0) is 13.8. The van der Waals surface area contributed by atoms with E-state index in [2.05, 4.69) is 41.6 Å². The summed E-state index contributed by atoms with van der Waals surface area (Å²) in [5.74, 6) is 0.676. The highest BCUT2D eigenvalue weighted by Gasteiger charge is 2.29. The lowest BCUT2D eigenvalue weighted by Crippen LogP contribution is -2.30. The molecule has 0 radical (unpaired) electrons. The molecule has 0 saturated carbocycles. The Hall–Kier alpha value is -0.680. The molecule has 2 atom stereocenters. The number of nitrogens with one attached hydrogen (secondary N) is 2. The summed E-state index contributed by atoms with van der Waals surface area (Å²) in [6.45, 7) is 6.42. The number of hydrogen-bond acceptors (Lipinski definition) is 4. The van der Waals surface area contributed by atoms with E-state index < -0.39 is 0 Å². The second kappa shape index (κ2) is 6.66. The molecule has 1 saturated heterocycles. The molecule has 106 valence electrons. The average molecular weight is 283 g/mol. The first kappa shape index (κ1) is 14.7. The second-order valence-corrected chi connectivity index (χ2v) is 5.93. The Labute approximate surface area is 120 Å².